The smallest absolute Gasteiger partial charge is 0.0361 e. The van der Waals surface area contributed by atoms with Crippen molar-refractivity contribution in [2.24, 2.45) is 0 Å². The van der Waals surface area contributed by atoms with Crippen LogP contribution in [0.3, 0.4) is 0 Å². The first kappa shape index (κ1) is 16.7. The molecule has 0 heterocycles. The molecule has 0 unspecified atom stereocenters. The zero-order chi connectivity index (χ0) is 17.8. The molecule has 0 spiro atoms. The molecule has 126 valence electrons. The van der Waals surface area contributed by atoms with Crippen LogP contribution in [0.1, 0.15) is 16.7 Å². The maximum absolute atomic E-state index is 5.84. The van der Waals surface area contributed by atoms with Crippen molar-refractivity contribution < 1.29 is 0 Å². The molecule has 0 radical (unpaired) electrons. The summed E-state index contributed by atoms with van der Waals surface area (Å²) >= 11 is 0. The number of hydrogen-bond acceptors (Lipinski definition) is 3. The van der Waals surface area contributed by atoms with Gasteiger partial charge in [-0.1, -0.05) is 36.4 Å². The van der Waals surface area contributed by atoms with Gasteiger partial charge in [0.25, 0.3) is 0 Å². The van der Waals surface area contributed by atoms with E-state index in [-0.39, 0.29) is 0 Å². The number of benzene rings is 3. The summed E-state index contributed by atoms with van der Waals surface area (Å²) in [6.07, 6.45) is 2.19. The Labute approximate surface area is 149 Å². The third-order valence-corrected chi connectivity index (χ3v) is 4.16. The van der Waals surface area contributed by atoms with E-state index in [1.807, 2.05) is 62.6 Å². The Balaban J connectivity index is 2.06. The highest BCUT2D eigenvalue weighted by Gasteiger charge is 2.06. The molecule has 3 nitrogen and oxygen atoms in total. The average molecular weight is 329 g/mol. The van der Waals surface area contributed by atoms with Crippen LogP contribution in [0.15, 0.2) is 72.8 Å². The lowest BCUT2D eigenvalue weighted by atomic mass is 9.95. The molecule has 3 aromatic carbocycles. The first-order valence-corrected chi connectivity index (χ1v) is 8.24. The van der Waals surface area contributed by atoms with Gasteiger partial charge in [0.2, 0.25) is 0 Å². The summed E-state index contributed by atoms with van der Waals surface area (Å²) in [4.78, 5) is 2.09. The van der Waals surface area contributed by atoms with Crippen molar-refractivity contribution in [3.63, 3.8) is 0 Å². The van der Waals surface area contributed by atoms with Gasteiger partial charge in [-0.15, -0.1) is 0 Å². The normalized spacial score (nSPS) is 10.3. The minimum Gasteiger partial charge on any atom is -0.399 e. The largest absolute Gasteiger partial charge is 0.399 e. The summed E-state index contributed by atoms with van der Waals surface area (Å²) in [6, 6.07) is 24.4. The van der Waals surface area contributed by atoms with E-state index in [2.05, 4.69) is 35.2 Å². The maximum atomic E-state index is 5.84. The summed E-state index contributed by atoms with van der Waals surface area (Å²) in [5.41, 5.74) is 18.9. The van der Waals surface area contributed by atoms with E-state index in [1.54, 1.807) is 0 Å². The molecule has 0 aliphatic heterocycles. The van der Waals surface area contributed by atoms with Crippen LogP contribution in [0.5, 0.6) is 0 Å². The van der Waals surface area contributed by atoms with Crippen molar-refractivity contribution >= 4 is 28.7 Å². The van der Waals surface area contributed by atoms with Gasteiger partial charge in [-0.05, 0) is 64.7 Å². The molecule has 0 aliphatic rings. The second-order valence-corrected chi connectivity index (χ2v) is 6.29. The molecule has 0 saturated heterocycles. The van der Waals surface area contributed by atoms with E-state index in [9.17, 15) is 0 Å². The van der Waals surface area contributed by atoms with E-state index >= 15 is 0 Å². The Morgan fingerprint density at radius 2 is 1.12 bits per heavy atom. The zero-order valence-corrected chi connectivity index (χ0v) is 14.6. The lowest BCUT2D eigenvalue weighted by Crippen LogP contribution is -2.07. The standard InChI is InChI=1S/C22H23N3/c1-25(2)21-13-3-16(4-14-21)15-22(17-5-9-19(23)10-6-17)18-7-11-20(24)12-8-18/h3-15H,23-24H2,1-2H3. The van der Waals surface area contributed by atoms with Crippen LogP contribution in [0.25, 0.3) is 11.6 Å². The van der Waals surface area contributed by atoms with Crippen LogP contribution in [0, 0.1) is 0 Å². The van der Waals surface area contributed by atoms with Gasteiger partial charge in [0.05, 0.1) is 0 Å². The summed E-state index contributed by atoms with van der Waals surface area (Å²) in [7, 11) is 4.08. The van der Waals surface area contributed by atoms with Crippen LogP contribution in [-0.4, -0.2) is 14.1 Å². The minimum atomic E-state index is 0.760. The fourth-order valence-electron chi connectivity index (χ4n) is 2.69. The van der Waals surface area contributed by atoms with Crippen molar-refractivity contribution in [1.29, 1.82) is 0 Å². The van der Waals surface area contributed by atoms with Gasteiger partial charge in [0.1, 0.15) is 0 Å². The Morgan fingerprint density at radius 3 is 1.52 bits per heavy atom. The van der Waals surface area contributed by atoms with Gasteiger partial charge >= 0.3 is 0 Å². The maximum Gasteiger partial charge on any atom is 0.0361 e. The van der Waals surface area contributed by atoms with Gasteiger partial charge in [0.15, 0.2) is 0 Å². The highest BCUT2D eigenvalue weighted by Crippen LogP contribution is 2.28. The van der Waals surface area contributed by atoms with Crippen LogP contribution in [0.2, 0.25) is 0 Å². The molecular formula is C22H23N3. The van der Waals surface area contributed by atoms with Crippen molar-refractivity contribution in [2.45, 2.75) is 0 Å². The molecule has 3 heteroatoms. The van der Waals surface area contributed by atoms with E-state index in [1.165, 1.54) is 5.69 Å². The van der Waals surface area contributed by atoms with Gasteiger partial charge < -0.3 is 16.4 Å². The summed E-state index contributed by atoms with van der Waals surface area (Å²) in [5, 5.41) is 0. The monoisotopic (exact) mass is 329 g/mol. The zero-order valence-electron chi connectivity index (χ0n) is 14.6. The summed E-state index contributed by atoms with van der Waals surface area (Å²) in [6.45, 7) is 0. The highest BCUT2D eigenvalue weighted by atomic mass is 15.1. The number of hydrogen-bond donors (Lipinski definition) is 2. The molecule has 0 atom stereocenters. The fourth-order valence-corrected chi connectivity index (χ4v) is 2.69. The van der Waals surface area contributed by atoms with Crippen LogP contribution >= 0.6 is 0 Å². The fraction of sp³-hybridized carbons (Fsp3) is 0.0909. The Kier molecular flexibility index (Phi) is 4.75. The van der Waals surface area contributed by atoms with Crippen LogP contribution in [-0.2, 0) is 0 Å². The molecule has 0 aromatic heterocycles. The average Bonchev–Trinajstić information content (AvgIpc) is 2.62. The number of rotatable bonds is 4. The van der Waals surface area contributed by atoms with E-state index in [4.69, 9.17) is 11.5 Å². The lowest BCUT2D eigenvalue weighted by molar-refractivity contribution is 1.13. The number of nitrogen functional groups attached to an aromatic ring is 2. The Bertz CT molecular complexity index is 811. The van der Waals surface area contributed by atoms with E-state index in [0.29, 0.717) is 0 Å². The Morgan fingerprint density at radius 1 is 0.680 bits per heavy atom. The van der Waals surface area contributed by atoms with Crippen LogP contribution in [0.4, 0.5) is 17.1 Å². The van der Waals surface area contributed by atoms with E-state index < -0.39 is 0 Å². The molecule has 0 saturated carbocycles. The first-order chi connectivity index (χ1) is 12.0. The number of anilines is 3. The summed E-state index contributed by atoms with van der Waals surface area (Å²) in [5.74, 6) is 0. The van der Waals surface area contributed by atoms with Crippen molar-refractivity contribution in [1.82, 2.24) is 0 Å². The number of nitrogens with zero attached hydrogens (tertiary/aromatic N) is 1. The molecule has 3 aromatic rings. The molecule has 25 heavy (non-hydrogen) atoms. The minimum absolute atomic E-state index is 0.760. The van der Waals surface area contributed by atoms with Crippen molar-refractivity contribution in [3.05, 3.63) is 89.5 Å². The molecule has 0 fully saturated rings. The second kappa shape index (κ2) is 7.14. The Hall–Kier alpha value is -3.20. The highest BCUT2D eigenvalue weighted by molar-refractivity contribution is 5.92. The first-order valence-electron chi connectivity index (χ1n) is 8.24. The van der Waals surface area contributed by atoms with E-state index in [0.717, 1.165) is 33.6 Å². The quantitative estimate of drug-likeness (QED) is 0.547. The third-order valence-electron chi connectivity index (χ3n) is 4.16. The third kappa shape index (κ3) is 4.01. The van der Waals surface area contributed by atoms with Gasteiger partial charge in [0, 0.05) is 31.2 Å². The molecule has 0 bridgehead atoms. The molecular weight excluding hydrogens is 306 g/mol. The molecule has 3 rings (SSSR count). The molecule has 0 aliphatic carbocycles. The van der Waals surface area contributed by atoms with Gasteiger partial charge in [-0.3, -0.25) is 0 Å². The topological polar surface area (TPSA) is 55.3 Å². The van der Waals surface area contributed by atoms with Crippen molar-refractivity contribution in [2.75, 3.05) is 30.5 Å². The molecule has 4 N–H and O–H groups in total. The predicted octanol–water partition coefficient (Wildman–Crippen LogP) is 4.51. The van der Waals surface area contributed by atoms with Gasteiger partial charge in [-0.2, -0.15) is 0 Å². The SMILES string of the molecule is CN(C)c1ccc(C=C(c2ccc(N)cc2)c2ccc(N)cc2)cc1. The number of nitrogens with two attached hydrogens (primary N) is 2. The van der Waals surface area contributed by atoms with Crippen LogP contribution < -0.4 is 16.4 Å². The van der Waals surface area contributed by atoms with Gasteiger partial charge in [-0.25, -0.2) is 0 Å². The lowest BCUT2D eigenvalue weighted by Gasteiger charge is -2.13. The predicted molar refractivity (Wildman–Crippen MR) is 109 cm³/mol. The second-order valence-electron chi connectivity index (χ2n) is 6.29. The van der Waals surface area contributed by atoms with Crippen molar-refractivity contribution in [3.8, 4) is 0 Å². The molecule has 0 amide bonds. The summed E-state index contributed by atoms with van der Waals surface area (Å²) < 4.78 is 0.